The molecule has 1 aliphatic rings. The largest absolute Gasteiger partial charge is 0.347 e. The molecule has 1 aromatic heterocycles. The summed E-state index contributed by atoms with van der Waals surface area (Å²) in [5.74, 6) is 0.0834. The van der Waals surface area contributed by atoms with E-state index in [0.717, 1.165) is 32.5 Å². The summed E-state index contributed by atoms with van der Waals surface area (Å²) in [4.78, 5) is 26.3. The van der Waals surface area contributed by atoms with E-state index in [1.807, 2.05) is 29.2 Å². The van der Waals surface area contributed by atoms with Crippen molar-refractivity contribution in [1.82, 2.24) is 5.32 Å². The van der Waals surface area contributed by atoms with Gasteiger partial charge in [-0.05, 0) is 62.0 Å². The number of nitrogens with one attached hydrogen (secondary N) is 1. The zero-order valence-corrected chi connectivity index (χ0v) is 16.1. The molecule has 1 saturated heterocycles. The fourth-order valence-electron chi connectivity index (χ4n) is 2.44. The minimum atomic E-state index is -0.0970. The van der Waals surface area contributed by atoms with Crippen LogP contribution in [0.5, 0.6) is 0 Å². The molecule has 1 fully saturated rings. The molecule has 0 unspecified atom stereocenters. The minimum Gasteiger partial charge on any atom is -0.347 e. The van der Waals surface area contributed by atoms with Crippen molar-refractivity contribution in [3.8, 4) is 0 Å². The van der Waals surface area contributed by atoms with Crippen LogP contribution in [0.3, 0.4) is 0 Å². The Bertz CT molecular complexity index is 724. The average Bonchev–Trinajstić information content (AvgIpc) is 3.12. The van der Waals surface area contributed by atoms with Crippen molar-refractivity contribution in [2.24, 2.45) is 0 Å². The Morgan fingerprint density at radius 1 is 1.26 bits per heavy atom. The Labute approximate surface area is 155 Å². The molecular weight excluding hydrogens is 444 g/mol. The molecule has 1 aliphatic heterocycles. The monoisotopic (exact) mass is 456 g/mol. The molecule has 2 aromatic rings. The van der Waals surface area contributed by atoms with E-state index in [9.17, 15) is 9.59 Å². The van der Waals surface area contributed by atoms with Gasteiger partial charge in [0.05, 0.1) is 8.66 Å². The number of hydrogen-bond acceptors (Lipinski definition) is 3. The summed E-state index contributed by atoms with van der Waals surface area (Å²) >= 11 is 8.15. The van der Waals surface area contributed by atoms with E-state index in [1.54, 1.807) is 6.07 Å². The lowest BCUT2D eigenvalue weighted by Gasteiger charge is -2.16. The van der Waals surface area contributed by atoms with Gasteiger partial charge in [0.2, 0.25) is 5.91 Å². The molecule has 0 saturated carbocycles. The van der Waals surface area contributed by atoms with Crippen molar-refractivity contribution >= 4 is 60.7 Å². The quantitative estimate of drug-likeness (QED) is 0.742. The fourth-order valence-corrected chi connectivity index (χ4v) is 4.39. The lowest BCUT2D eigenvalue weighted by atomic mass is 10.2. The normalized spacial score (nSPS) is 14.3. The van der Waals surface area contributed by atoms with Gasteiger partial charge < -0.3 is 10.2 Å². The molecule has 3 rings (SSSR count). The Kier molecular flexibility index (Phi) is 5.18. The third kappa shape index (κ3) is 3.84. The minimum absolute atomic E-state index is 0.0970. The van der Waals surface area contributed by atoms with Crippen LogP contribution in [0.4, 0.5) is 5.69 Å². The molecular formula is C16H14Br2N2O2S. The number of carbonyl (C=O) groups is 2. The molecule has 0 bridgehead atoms. The molecule has 1 N–H and O–H groups in total. The molecule has 1 aromatic carbocycles. The number of halogens is 2. The predicted octanol–water partition coefficient (Wildman–Crippen LogP) is 4.33. The smallest absolute Gasteiger partial charge is 0.261 e. The van der Waals surface area contributed by atoms with Gasteiger partial charge in [-0.2, -0.15) is 0 Å². The van der Waals surface area contributed by atoms with Crippen LogP contribution in [0.25, 0.3) is 0 Å². The second kappa shape index (κ2) is 7.15. The SMILES string of the molecule is O=C(NCc1ccc(N2CCCC2=O)cc1)c1cc(Br)c(Br)s1. The van der Waals surface area contributed by atoms with Crippen molar-refractivity contribution in [2.45, 2.75) is 19.4 Å². The maximum Gasteiger partial charge on any atom is 0.261 e. The van der Waals surface area contributed by atoms with Crippen molar-refractivity contribution in [3.63, 3.8) is 0 Å². The summed E-state index contributed by atoms with van der Waals surface area (Å²) in [6.45, 7) is 1.25. The first-order valence-corrected chi connectivity index (χ1v) is 9.57. The molecule has 2 amide bonds. The van der Waals surface area contributed by atoms with E-state index in [2.05, 4.69) is 37.2 Å². The molecule has 0 radical (unpaired) electrons. The first-order chi connectivity index (χ1) is 11.0. The van der Waals surface area contributed by atoms with Crippen LogP contribution in [-0.4, -0.2) is 18.4 Å². The molecule has 0 atom stereocenters. The van der Waals surface area contributed by atoms with Crippen LogP contribution in [0.2, 0.25) is 0 Å². The third-order valence-electron chi connectivity index (χ3n) is 3.64. The van der Waals surface area contributed by atoms with Gasteiger partial charge in [0.15, 0.2) is 0 Å². The van der Waals surface area contributed by atoms with E-state index >= 15 is 0 Å². The topological polar surface area (TPSA) is 49.4 Å². The van der Waals surface area contributed by atoms with Gasteiger partial charge >= 0.3 is 0 Å². The van der Waals surface area contributed by atoms with Crippen LogP contribution < -0.4 is 10.2 Å². The number of anilines is 1. The Morgan fingerprint density at radius 2 is 2.00 bits per heavy atom. The first-order valence-electron chi connectivity index (χ1n) is 7.17. The number of benzene rings is 1. The Hall–Kier alpha value is -1.18. The summed E-state index contributed by atoms with van der Waals surface area (Å²) in [6, 6.07) is 9.56. The van der Waals surface area contributed by atoms with Gasteiger partial charge in [0.1, 0.15) is 0 Å². The fraction of sp³-hybridized carbons (Fsp3) is 0.250. The van der Waals surface area contributed by atoms with Gasteiger partial charge in [-0.15, -0.1) is 11.3 Å². The van der Waals surface area contributed by atoms with Crippen LogP contribution >= 0.6 is 43.2 Å². The molecule has 0 spiro atoms. The van der Waals surface area contributed by atoms with Gasteiger partial charge in [-0.25, -0.2) is 0 Å². The first kappa shape index (κ1) is 16.7. The second-order valence-electron chi connectivity index (χ2n) is 5.23. The van der Waals surface area contributed by atoms with E-state index in [0.29, 0.717) is 17.8 Å². The van der Waals surface area contributed by atoms with E-state index < -0.39 is 0 Å². The number of amides is 2. The Balaban J connectivity index is 1.60. The number of nitrogens with zero attached hydrogens (tertiary/aromatic N) is 1. The van der Waals surface area contributed by atoms with Crippen molar-refractivity contribution < 1.29 is 9.59 Å². The summed E-state index contributed by atoms with van der Waals surface area (Å²) in [7, 11) is 0. The molecule has 2 heterocycles. The van der Waals surface area contributed by atoms with Gasteiger partial charge in [0, 0.05) is 29.7 Å². The maximum absolute atomic E-state index is 12.1. The lowest BCUT2D eigenvalue weighted by molar-refractivity contribution is -0.117. The highest BCUT2D eigenvalue weighted by molar-refractivity contribution is 9.13. The van der Waals surface area contributed by atoms with Crippen molar-refractivity contribution in [1.29, 1.82) is 0 Å². The number of thiophene rings is 1. The predicted molar refractivity (Wildman–Crippen MR) is 98.9 cm³/mol. The van der Waals surface area contributed by atoms with Gasteiger partial charge in [0.25, 0.3) is 5.91 Å². The highest BCUT2D eigenvalue weighted by Gasteiger charge is 2.21. The van der Waals surface area contributed by atoms with Crippen LogP contribution in [-0.2, 0) is 11.3 Å². The third-order valence-corrected chi connectivity index (χ3v) is 6.90. The summed E-state index contributed by atoms with van der Waals surface area (Å²) in [5, 5.41) is 2.90. The highest BCUT2D eigenvalue weighted by Crippen LogP contribution is 2.32. The summed E-state index contributed by atoms with van der Waals surface area (Å²) in [5.41, 5.74) is 1.93. The van der Waals surface area contributed by atoms with Gasteiger partial charge in [-0.3, -0.25) is 9.59 Å². The zero-order chi connectivity index (χ0) is 16.4. The van der Waals surface area contributed by atoms with E-state index in [1.165, 1.54) is 11.3 Å². The molecule has 0 aliphatic carbocycles. The number of rotatable bonds is 4. The number of hydrogen-bond donors (Lipinski definition) is 1. The van der Waals surface area contributed by atoms with Crippen LogP contribution in [0.1, 0.15) is 28.1 Å². The highest BCUT2D eigenvalue weighted by atomic mass is 79.9. The maximum atomic E-state index is 12.1. The van der Waals surface area contributed by atoms with Crippen molar-refractivity contribution in [2.75, 3.05) is 11.4 Å². The van der Waals surface area contributed by atoms with Crippen molar-refractivity contribution in [3.05, 3.63) is 49.0 Å². The average molecular weight is 458 g/mol. The molecule has 23 heavy (non-hydrogen) atoms. The zero-order valence-electron chi connectivity index (χ0n) is 12.1. The Morgan fingerprint density at radius 3 is 2.57 bits per heavy atom. The van der Waals surface area contributed by atoms with E-state index in [4.69, 9.17) is 0 Å². The lowest BCUT2D eigenvalue weighted by Crippen LogP contribution is -2.24. The summed E-state index contributed by atoms with van der Waals surface area (Å²) in [6.07, 6.45) is 1.55. The van der Waals surface area contributed by atoms with E-state index in [-0.39, 0.29) is 11.8 Å². The van der Waals surface area contributed by atoms with Gasteiger partial charge in [-0.1, -0.05) is 12.1 Å². The standard InChI is InChI=1S/C16H14Br2N2O2S/c17-12-8-13(23-15(12)18)16(22)19-9-10-3-5-11(6-4-10)20-7-1-2-14(20)21/h3-6,8H,1-2,7,9H2,(H,19,22). The number of carbonyl (C=O) groups excluding carboxylic acids is 2. The molecule has 7 heteroatoms. The van der Waals surface area contributed by atoms with Crippen LogP contribution in [0, 0.1) is 0 Å². The molecule has 120 valence electrons. The molecule has 4 nitrogen and oxygen atoms in total. The second-order valence-corrected chi connectivity index (χ2v) is 8.45. The summed E-state index contributed by atoms with van der Waals surface area (Å²) < 4.78 is 1.79. The van der Waals surface area contributed by atoms with Crippen LogP contribution in [0.15, 0.2) is 38.6 Å².